The van der Waals surface area contributed by atoms with Gasteiger partial charge in [0, 0.05) is 37.6 Å². The number of nitrogens with two attached hydrogens (primary N) is 1. The Balaban J connectivity index is 2.23. The molecular formula is C10H15N3O2. The zero-order valence-electron chi connectivity index (χ0n) is 8.56. The lowest BCUT2D eigenvalue weighted by atomic mass is 10.1. The van der Waals surface area contributed by atoms with Crippen molar-refractivity contribution in [3.63, 3.8) is 0 Å². The van der Waals surface area contributed by atoms with Crippen LogP contribution in [-0.2, 0) is 11.3 Å². The molecule has 1 aliphatic rings. The monoisotopic (exact) mass is 209 g/mol. The Morgan fingerprint density at radius 3 is 2.93 bits per heavy atom. The molecule has 1 aromatic heterocycles. The highest BCUT2D eigenvalue weighted by Crippen LogP contribution is 2.19. The fourth-order valence-electron chi connectivity index (χ4n) is 1.79. The van der Waals surface area contributed by atoms with E-state index in [1.165, 1.54) is 0 Å². The maximum atomic E-state index is 11.3. The maximum Gasteiger partial charge on any atom is 0.277 e. The van der Waals surface area contributed by atoms with Crippen LogP contribution in [0.4, 0.5) is 0 Å². The zero-order chi connectivity index (χ0) is 10.7. The van der Waals surface area contributed by atoms with Gasteiger partial charge in [0.15, 0.2) is 0 Å². The van der Waals surface area contributed by atoms with Crippen molar-refractivity contribution in [2.45, 2.75) is 25.4 Å². The van der Waals surface area contributed by atoms with Crippen LogP contribution in [0, 0.1) is 0 Å². The molecule has 0 amide bonds. The predicted octanol–water partition coefficient (Wildman–Crippen LogP) is 0.0535. The highest BCUT2D eigenvalue weighted by molar-refractivity contribution is 5.04. The van der Waals surface area contributed by atoms with Crippen molar-refractivity contribution in [3.8, 4) is 0 Å². The van der Waals surface area contributed by atoms with Gasteiger partial charge in [-0.3, -0.25) is 4.79 Å². The van der Waals surface area contributed by atoms with E-state index < -0.39 is 0 Å². The molecule has 0 unspecified atom stereocenters. The number of hydrogen-bond acceptors (Lipinski definition) is 4. The minimum Gasteiger partial charge on any atom is -0.381 e. The van der Waals surface area contributed by atoms with Crippen LogP contribution in [0.1, 0.15) is 24.4 Å². The van der Waals surface area contributed by atoms with Gasteiger partial charge in [-0.05, 0) is 12.8 Å². The third kappa shape index (κ3) is 2.24. The molecule has 2 heterocycles. The van der Waals surface area contributed by atoms with Crippen molar-refractivity contribution < 1.29 is 4.74 Å². The first-order valence-corrected chi connectivity index (χ1v) is 5.15. The van der Waals surface area contributed by atoms with Crippen molar-refractivity contribution in [3.05, 3.63) is 28.4 Å². The Bertz CT molecular complexity index is 382. The third-order valence-electron chi connectivity index (χ3n) is 2.72. The summed E-state index contributed by atoms with van der Waals surface area (Å²) in [6.45, 7) is 1.79. The van der Waals surface area contributed by atoms with Crippen LogP contribution in [0.25, 0.3) is 0 Å². The SMILES string of the molecule is NCc1cn(C2CCOCC2)cnc1=O. The van der Waals surface area contributed by atoms with Gasteiger partial charge in [-0.25, -0.2) is 0 Å². The summed E-state index contributed by atoms with van der Waals surface area (Å²) in [5.74, 6) is 0. The lowest BCUT2D eigenvalue weighted by Crippen LogP contribution is -2.24. The number of ether oxygens (including phenoxy) is 1. The quantitative estimate of drug-likeness (QED) is 0.747. The van der Waals surface area contributed by atoms with E-state index in [1.54, 1.807) is 6.33 Å². The minimum absolute atomic E-state index is 0.221. The van der Waals surface area contributed by atoms with Gasteiger partial charge in [0.1, 0.15) is 0 Å². The molecule has 1 saturated heterocycles. The number of nitrogens with zero attached hydrogens (tertiary/aromatic N) is 2. The topological polar surface area (TPSA) is 70.1 Å². The van der Waals surface area contributed by atoms with Crippen molar-refractivity contribution in [1.82, 2.24) is 9.55 Å². The van der Waals surface area contributed by atoms with E-state index in [9.17, 15) is 4.79 Å². The van der Waals surface area contributed by atoms with Crippen molar-refractivity contribution in [2.24, 2.45) is 5.73 Å². The number of hydrogen-bond donors (Lipinski definition) is 1. The van der Waals surface area contributed by atoms with Gasteiger partial charge in [-0.15, -0.1) is 0 Å². The van der Waals surface area contributed by atoms with E-state index in [0.717, 1.165) is 26.1 Å². The fraction of sp³-hybridized carbons (Fsp3) is 0.600. The first-order chi connectivity index (χ1) is 7.31. The van der Waals surface area contributed by atoms with Crippen LogP contribution in [-0.4, -0.2) is 22.8 Å². The lowest BCUT2D eigenvalue weighted by molar-refractivity contribution is 0.0691. The Morgan fingerprint density at radius 1 is 1.53 bits per heavy atom. The second kappa shape index (κ2) is 4.55. The van der Waals surface area contributed by atoms with E-state index in [2.05, 4.69) is 4.98 Å². The van der Waals surface area contributed by atoms with Crippen LogP contribution in [0.2, 0.25) is 0 Å². The summed E-state index contributed by atoms with van der Waals surface area (Å²) in [6, 6.07) is 0.386. The van der Waals surface area contributed by atoms with Gasteiger partial charge in [0.2, 0.25) is 0 Å². The standard InChI is InChI=1S/C10H15N3O2/c11-5-8-6-13(7-12-10(8)14)9-1-3-15-4-2-9/h6-7,9H,1-5,11H2. The van der Waals surface area contributed by atoms with Gasteiger partial charge in [0.05, 0.1) is 6.33 Å². The summed E-state index contributed by atoms with van der Waals surface area (Å²) in [7, 11) is 0. The molecule has 0 aromatic carbocycles. The summed E-state index contributed by atoms with van der Waals surface area (Å²) in [4.78, 5) is 15.1. The molecule has 0 aliphatic carbocycles. The van der Waals surface area contributed by atoms with Crippen LogP contribution in [0.3, 0.4) is 0 Å². The summed E-state index contributed by atoms with van der Waals surface area (Å²) in [5.41, 5.74) is 5.82. The predicted molar refractivity (Wildman–Crippen MR) is 55.5 cm³/mol. The average molecular weight is 209 g/mol. The molecule has 5 nitrogen and oxygen atoms in total. The fourth-order valence-corrected chi connectivity index (χ4v) is 1.79. The third-order valence-corrected chi connectivity index (χ3v) is 2.72. The van der Waals surface area contributed by atoms with E-state index in [-0.39, 0.29) is 12.1 Å². The summed E-state index contributed by atoms with van der Waals surface area (Å²) in [5, 5.41) is 0. The summed E-state index contributed by atoms with van der Waals surface area (Å²) < 4.78 is 7.26. The van der Waals surface area contributed by atoms with Gasteiger partial charge in [0.25, 0.3) is 5.56 Å². The molecule has 2 rings (SSSR count). The van der Waals surface area contributed by atoms with Gasteiger partial charge >= 0.3 is 0 Å². The number of aromatic nitrogens is 2. The van der Waals surface area contributed by atoms with Crippen LogP contribution >= 0.6 is 0 Å². The van der Waals surface area contributed by atoms with Crippen LogP contribution in [0.5, 0.6) is 0 Å². The van der Waals surface area contributed by atoms with E-state index in [0.29, 0.717) is 11.6 Å². The normalized spacial score (nSPS) is 17.9. The largest absolute Gasteiger partial charge is 0.381 e. The summed E-state index contributed by atoms with van der Waals surface area (Å²) in [6.07, 6.45) is 5.34. The molecule has 0 saturated carbocycles. The number of rotatable bonds is 2. The molecule has 82 valence electrons. The molecule has 1 aliphatic heterocycles. The van der Waals surface area contributed by atoms with Crippen molar-refractivity contribution in [2.75, 3.05) is 13.2 Å². The first kappa shape index (κ1) is 10.3. The highest BCUT2D eigenvalue weighted by atomic mass is 16.5. The lowest BCUT2D eigenvalue weighted by Gasteiger charge is -2.24. The Morgan fingerprint density at radius 2 is 2.27 bits per heavy atom. The Kier molecular flexibility index (Phi) is 3.13. The molecule has 1 fully saturated rings. The van der Waals surface area contributed by atoms with Crippen LogP contribution < -0.4 is 11.3 Å². The molecule has 0 bridgehead atoms. The Hall–Kier alpha value is -1.20. The molecule has 5 heteroatoms. The van der Waals surface area contributed by atoms with E-state index in [4.69, 9.17) is 10.5 Å². The van der Waals surface area contributed by atoms with Gasteiger partial charge < -0.3 is 15.0 Å². The second-order valence-electron chi connectivity index (χ2n) is 3.70. The van der Waals surface area contributed by atoms with E-state index in [1.807, 2.05) is 10.8 Å². The highest BCUT2D eigenvalue weighted by Gasteiger charge is 2.15. The second-order valence-corrected chi connectivity index (χ2v) is 3.70. The van der Waals surface area contributed by atoms with Gasteiger partial charge in [-0.1, -0.05) is 0 Å². The molecule has 0 atom stereocenters. The Labute approximate surface area is 87.9 Å². The van der Waals surface area contributed by atoms with Crippen LogP contribution in [0.15, 0.2) is 17.3 Å². The minimum atomic E-state index is -0.221. The van der Waals surface area contributed by atoms with E-state index >= 15 is 0 Å². The molecule has 0 spiro atoms. The summed E-state index contributed by atoms with van der Waals surface area (Å²) >= 11 is 0. The molecular weight excluding hydrogens is 194 g/mol. The molecule has 2 N–H and O–H groups in total. The maximum absolute atomic E-state index is 11.3. The molecule has 0 radical (unpaired) electrons. The zero-order valence-corrected chi connectivity index (χ0v) is 8.56. The van der Waals surface area contributed by atoms with Gasteiger partial charge in [-0.2, -0.15) is 4.98 Å². The van der Waals surface area contributed by atoms with Crippen molar-refractivity contribution in [1.29, 1.82) is 0 Å². The van der Waals surface area contributed by atoms with Crippen molar-refractivity contribution >= 4 is 0 Å². The molecule has 15 heavy (non-hydrogen) atoms. The first-order valence-electron chi connectivity index (χ1n) is 5.15. The average Bonchev–Trinajstić information content (AvgIpc) is 2.31. The molecule has 1 aromatic rings. The smallest absolute Gasteiger partial charge is 0.277 e.